The van der Waals surface area contributed by atoms with E-state index < -0.39 is 12.5 Å². The number of halogens is 2. The van der Waals surface area contributed by atoms with Crippen LogP contribution in [0.3, 0.4) is 0 Å². The third-order valence-corrected chi connectivity index (χ3v) is 6.09. The van der Waals surface area contributed by atoms with Crippen molar-refractivity contribution in [1.29, 1.82) is 0 Å². The van der Waals surface area contributed by atoms with E-state index in [1.165, 1.54) is 10.9 Å². The van der Waals surface area contributed by atoms with Crippen molar-refractivity contribution in [1.82, 2.24) is 20.1 Å². The fourth-order valence-corrected chi connectivity index (χ4v) is 4.36. The number of H-pyrrole nitrogens is 1. The van der Waals surface area contributed by atoms with Gasteiger partial charge in [-0.1, -0.05) is 18.2 Å². The summed E-state index contributed by atoms with van der Waals surface area (Å²) in [5.74, 6) is 0.487. The molecule has 1 unspecified atom stereocenters. The molecule has 3 heterocycles. The highest BCUT2D eigenvalue weighted by Crippen LogP contribution is 2.43. The van der Waals surface area contributed by atoms with E-state index >= 15 is 0 Å². The quantitative estimate of drug-likeness (QED) is 0.600. The number of alkyl halides is 2. The fraction of sp³-hybridized carbons (Fsp3) is 0.429. The summed E-state index contributed by atoms with van der Waals surface area (Å²) in [5.41, 5.74) is 2.25. The highest BCUT2D eigenvalue weighted by molar-refractivity contribution is 5.99. The summed E-state index contributed by atoms with van der Waals surface area (Å²) in [5, 5.41) is 11.5. The lowest BCUT2D eigenvalue weighted by Crippen LogP contribution is -2.38. The standard InChI is InChI=1S/C21H23F2N5O/c1-11(14-4-2-3-13-7-8-24-18(13)14)26-21(29)15-10-25-28-17(19(22)23)9-16(12-5-6-12)27-20(15)28/h2-4,7-8,10-12,16-17,19,24,27H,5-6,9H2,1H3,(H,26,29)/t11?,16-,17+/m1/s1. The van der Waals surface area contributed by atoms with E-state index in [1.807, 2.05) is 37.4 Å². The van der Waals surface area contributed by atoms with Crippen LogP contribution in [0.2, 0.25) is 0 Å². The van der Waals surface area contributed by atoms with Gasteiger partial charge in [0, 0.05) is 12.2 Å². The first-order chi connectivity index (χ1) is 14.0. The second kappa shape index (κ2) is 6.86. The van der Waals surface area contributed by atoms with Gasteiger partial charge in [0.25, 0.3) is 12.3 Å². The fourth-order valence-electron chi connectivity index (χ4n) is 4.36. The summed E-state index contributed by atoms with van der Waals surface area (Å²) >= 11 is 0. The van der Waals surface area contributed by atoms with Gasteiger partial charge in [0.15, 0.2) is 0 Å². The van der Waals surface area contributed by atoms with Gasteiger partial charge in [-0.15, -0.1) is 0 Å². The maximum Gasteiger partial charge on any atom is 0.260 e. The van der Waals surface area contributed by atoms with E-state index in [0.717, 1.165) is 29.3 Å². The number of benzene rings is 1. The number of nitrogens with one attached hydrogen (secondary N) is 3. The van der Waals surface area contributed by atoms with Crippen LogP contribution in [-0.2, 0) is 0 Å². The van der Waals surface area contributed by atoms with E-state index in [2.05, 4.69) is 20.7 Å². The molecule has 5 rings (SSSR count). The predicted octanol–water partition coefficient (Wildman–Crippen LogP) is 4.26. The first-order valence-electron chi connectivity index (χ1n) is 10.0. The number of amides is 1. The number of hydrogen-bond donors (Lipinski definition) is 3. The molecule has 1 amide bonds. The number of carbonyl (C=O) groups is 1. The van der Waals surface area contributed by atoms with Crippen molar-refractivity contribution in [3.63, 3.8) is 0 Å². The van der Waals surface area contributed by atoms with Crippen molar-refractivity contribution in [2.45, 2.75) is 50.7 Å². The van der Waals surface area contributed by atoms with Gasteiger partial charge in [-0.25, -0.2) is 13.5 Å². The predicted molar refractivity (Wildman–Crippen MR) is 106 cm³/mol. The van der Waals surface area contributed by atoms with Crippen LogP contribution >= 0.6 is 0 Å². The molecule has 152 valence electrons. The van der Waals surface area contributed by atoms with Gasteiger partial charge in [0.1, 0.15) is 17.4 Å². The van der Waals surface area contributed by atoms with Crippen LogP contribution in [-0.4, -0.2) is 33.1 Å². The average molecular weight is 399 g/mol. The Kier molecular flexibility index (Phi) is 4.29. The topological polar surface area (TPSA) is 74.7 Å². The van der Waals surface area contributed by atoms with Gasteiger partial charge < -0.3 is 15.6 Å². The first-order valence-corrected chi connectivity index (χ1v) is 10.0. The highest BCUT2D eigenvalue weighted by atomic mass is 19.3. The molecule has 8 heteroatoms. The molecule has 1 aromatic carbocycles. The Labute approximate surface area is 166 Å². The number of anilines is 1. The molecule has 1 saturated carbocycles. The van der Waals surface area contributed by atoms with Gasteiger partial charge in [-0.05, 0) is 49.1 Å². The van der Waals surface area contributed by atoms with Crippen LogP contribution in [0.15, 0.2) is 36.7 Å². The van der Waals surface area contributed by atoms with E-state index in [0.29, 0.717) is 23.7 Å². The number of para-hydroxylation sites is 1. The van der Waals surface area contributed by atoms with Crippen molar-refractivity contribution < 1.29 is 13.6 Å². The number of rotatable bonds is 5. The molecule has 0 radical (unpaired) electrons. The minimum Gasteiger partial charge on any atom is -0.367 e. The normalized spacial score (nSPS) is 22.3. The SMILES string of the molecule is CC(NC(=O)c1cnn2c1N[C@@H](C1CC1)C[C@H]2C(F)F)c1cccc2cc[nH]c12. The minimum absolute atomic E-state index is 0.0326. The van der Waals surface area contributed by atoms with Crippen molar-refractivity contribution in [3.05, 3.63) is 47.8 Å². The molecular weight excluding hydrogens is 376 g/mol. The van der Waals surface area contributed by atoms with Crippen LogP contribution in [0.5, 0.6) is 0 Å². The summed E-state index contributed by atoms with van der Waals surface area (Å²) < 4.78 is 28.5. The Morgan fingerprint density at radius 1 is 1.31 bits per heavy atom. The van der Waals surface area contributed by atoms with Crippen molar-refractivity contribution >= 4 is 22.6 Å². The van der Waals surface area contributed by atoms with Crippen LogP contribution in [0, 0.1) is 5.92 Å². The van der Waals surface area contributed by atoms with E-state index in [1.54, 1.807) is 0 Å². The maximum atomic E-state index is 13.6. The average Bonchev–Trinajstić information content (AvgIpc) is 3.28. The molecule has 2 aromatic heterocycles. The van der Waals surface area contributed by atoms with Gasteiger partial charge in [-0.3, -0.25) is 4.79 Å². The summed E-state index contributed by atoms with van der Waals surface area (Å²) in [6, 6.07) is 6.61. The monoisotopic (exact) mass is 399 g/mol. The highest BCUT2D eigenvalue weighted by Gasteiger charge is 2.41. The molecular formula is C21H23F2N5O. The lowest BCUT2D eigenvalue weighted by molar-refractivity contribution is 0.0644. The molecule has 6 nitrogen and oxygen atoms in total. The zero-order chi connectivity index (χ0) is 20.1. The molecule has 1 fully saturated rings. The van der Waals surface area contributed by atoms with Gasteiger partial charge in [-0.2, -0.15) is 5.10 Å². The number of nitrogens with zero attached hydrogens (tertiary/aromatic N) is 2. The molecule has 3 N–H and O–H groups in total. The minimum atomic E-state index is -2.52. The van der Waals surface area contributed by atoms with Crippen molar-refractivity contribution in [3.8, 4) is 0 Å². The van der Waals surface area contributed by atoms with Crippen LogP contribution in [0.25, 0.3) is 10.9 Å². The Morgan fingerprint density at radius 2 is 2.14 bits per heavy atom. The molecule has 0 spiro atoms. The third kappa shape index (κ3) is 3.16. The van der Waals surface area contributed by atoms with E-state index in [4.69, 9.17) is 0 Å². The van der Waals surface area contributed by atoms with Crippen LogP contribution < -0.4 is 10.6 Å². The zero-order valence-electron chi connectivity index (χ0n) is 16.0. The Hall–Kier alpha value is -2.90. The van der Waals surface area contributed by atoms with E-state index in [9.17, 15) is 13.6 Å². The Morgan fingerprint density at radius 3 is 2.90 bits per heavy atom. The Balaban J connectivity index is 1.41. The van der Waals surface area contributed by atoms with Crippen LogP contribution in [0.4, 0.5) is 14.6 Å². The molecule has 1 aliphatic heterocycles. The lowest BCUT2D eigenvalue weighted by Gasteiger charge is -2.32. The van der Waals surface area contributed by atoms with Gasteiger partial charge in [0.05, 0.1) is 17.8 Å². The smallest absolute Gasteiger partial charge is 0.260 e. The number of aromatic nitrogens is 3. The van der Waals surface area contributed by atoms with Crippen molar-refractivity contribution in [2.75, 3.05) is 5.32 Å². The van der Waals surface area contributed by atoms with Gasteiger partial charge >= 0.3 is 0 Å². The first kappa shape index (κ1) is 18.1. The van der Waals surface area contributed by atoms with Gasteiger partial charge in [0.2, 0.25) is 0 Å². The summed E-state index contributed by atoms with van der Waals surface area (Å²) in [4.78, 5) is 16.2. The second-order valence-electron chi connectivity index (χ2n) is 8.06. The summed E-state index contributed by atoms with van der Waals surface area (Å²) in [6.07, 6.45) is 3.16. The molecule has 3 aromatic rings. The Bertz CT molecular complexity index is 1050. The molecule has 1 aliphatic carbocycles. The summed E-state index contributed by atoms with van der Waals surface area (Å²) in [7, 11) is 0. The largest absolute Gasteiger partial charge is 0.367 e. The molecule has 0 bridgehead atoms. The molecule has 2 aliphatic rings. The number of carbonyl (C=O) groups excluding carboxylic acids is 1. The number of hydrogen-bond acceptors (Lipinski definition) is 3. The number of aromatic amines is 1. The van der Waals surface area contributed by atoms with Crippen LogP contribution in [0.1, 0.15) is 54.2 Å². The lowest BCUT2D eigenvalue weighted by atomic mass is 10.00. The van der Waals surface area contributed by atoms with Crippen molar-refractivity contribution in [2.24, 2.45) is 5.92 Å². The third-order valence-electron chi connectivity index (χ3n) is 6.09. The number of fused-ring (bicyclic) bond motifs is 2. The second-order valence-corrected chi connectivity index (χ2v) is 8.06. The molecule has 0 saturated heterocycles. The maximum absolute atomic E-state index is 13.6. The molecule has 3 atom stereocenters. The molecule has 29 heavy (non-hydrogen) atoms. The van der Waals surface area contributed by atoms with E-state index in [-0.39, 0.29) is 18.0 Å². The zero-order valence-corrected chi connectivity index (χ0v) is 16.0. The summed E-state index contributed by atoms with van der Waals surface area (Å²) in [6.45, 7) is 1.91.